The standard InChI is InChI=1S/C45H29N3O/c1-2-13-29(14-3-1)43-46-44(36-21-10-16-28-12-4-6-17-32(28)36)48-45(47-43)38-22-11-23-40-42(38)37-25-24-31(27-41(37)49-40)39-26-30-15-5-7-18-33(30)34-19-8-9-20-35(34)39/h1-27,44H,(H,46,47,48). The normalized spacial score (nSPS) is 14.7. The minimum Gasteiger partial charge on any atom is -0.456 e. The average molecular weight is 628 g/mol. The second-order valence-electron chi connectivity index (χ2n) is 12.6. The zero-order valence-corrected chi connectivity index (χ0v) is 26.5. The van der Waals surface area contributed by atoms with E-state index in [2.05, 4.69) is 139 Å². The highest BCUT2D eigenvalue weighted by atomic mass is 16.3. The van der Waals surface area contributed by atoms with Crippen molar-refractivity contribution in [2.24, 2.45) is 9.98 Å². The molecule has 8 aromatic carbocycles. The Bertz CT molecular complexity index is 2800. The van der Waals surface area contributed by atoms with E-state index in [1.807, 2.05) is 30.3 Å². The smallest absolute Gasteiger partial charge is 0.160 e. The quantitative estimate of drug-likeness (QED) is 0.197. The van der Waals surface area contributed by atoms with Gasteiger partial charge in [0.2, 0.25) is 0 Å². The third kappa shape index (κ3) is 4.53. The molecule has 1 aromatic heterocycles. The molecule has 0 saturated heterocycles. The van der Waals surface area contributed by atoms with Crippen molar-refractivity contribution < 1.29 is 4.42 Å². The van der Waals surface area contributed by atoms with Crippen LogP contribution in [-0.2, 0) is 0 Å². The van der Waals surface area contributed by atoms with Crippen LogP contribution < -0.4 is 5.32 Å². The van der Waals surface area contributed by atoms with Gasteiger partial charge in [-0.3, -0.25) is 0 Å². The van der Waals surface area contributed by atoms with Gasteiger partial charge in [0.1, 0.15) is 23.2 Å². The molecule has 1 unspecified atom stereocenters. The molecule has 0 spiro atoms. The number of rotatable bonds is 4. The topological polar surface area (TPSA) is 49.9 Å². The fourth-order valence-corrected chi connectivity index (χ4v) is 7.43. The van der Waals surface area contributed by atoms with Crippen LogP contribution in [0.2, 0.25) is 0 Å². The van der Waals surface area contributed by atoms with Gasteiger partial charge in [0.15, 0.2) is 5.84 Å². The van der Waals surface area contributed by atoms with E-state index >= 15 is 0 Å². The molecule has 230 valence electrons. The van der Waals surface area contributed by atoms with Crippen LogP contribution in [0.1, 0.15) is 22.9 Å². The van der Waals surface area contributed by atoms with E-state index in [0.29, 0.717) is 5.84 Å². The average Bonchev–Trinajstić information content (AvgIpc) is 3.56. The summed E-state index contributed by atoms with van der Waals surface area (Å²) >= 11 is 0. The Labute approximate surface area is 282 Å². The van der Waals surface area contributed by atoms with Crippen LogP contribution >= 0.6 is 0 Å². The molecule has 1 aliphatic rings. The number of nitrogens with zero attached hydrogens (tertiary/aromatic N) is 2. The highest BCUT2D eigenvalue weighted by Crippen LogP contribution is 2.39. The summed E-state index contributed by atoms with van der Waals surface area (Å²) in [5, 5.41) is 13.0. The highest BCUT2D eigenvalue weighted by molar-refractivity contribution is 6.22. The predicted octanol–water partition coefficient (Wildman–Crippen LogP) is 11.2. The van der Waals surface area contributed by atoms with Crippen molar-refractivity contribution in [2.75, 3.05) is 0 Å². The third-order valence-electron chi connectivity index (χ3n) is 9.72. The number of benzene rings is 8. The van der Waals surface area contributed by atoms with Gasteiger partial charge >= 0.3 is 0 Å². The second kappa shape index (κ2) is 11.0. The number of amidine groups is 2. The van der Waals surface area contributed by atoms with Gasteiger partial charge in [-0.15, -0.1) is 0 Å². The largest absolute Gasteiger partial charge is 0.456 e. The number of nitrogens with one attached hydrogen (secondary N) is 1. The lowest BCUT2D eigenvalue weighted by Gasteiger charge is -2.24. The number of aliphatic imine (C=N–C) groups is 2. The van der Waals surface area contributed by atoms with Crippen molar-refractivity contribution in [2.45, 2.75) is 6.17 Å². The fraction of sp³-hybridized carbons (Fsp3) is 0.0222. The minimum absolute atomic E-state index is 0.324. The summed E-state index contributed by atoms with van der Waals surface area (Å²) in [6.07, 6.45) is -0.324. The maximum atomic E-state index is 6.61. The molecule has 1 N–H and O–H groups in total. The van der Waals surface area contributed by atoms with Crippen LogP contribution in [0.15, 0.2) is 178 Å². The van der Waals surface area contributed by atoms with Gasteiger partial charge in [0, 0.05) is 27.5 Å². The van der Waals surface area contributed by atoms with E-state index in [1.165, 1.54) is 37.9 Å². The predicted molar refractivity (Wildman–Crippen MR) is 204 cm³/mol. The Balaban J connectivity index is 1.16. The molecule has 0 fully saturated rings. The van der Waals surface area contributed by atoms with Gasteiger partial charge in [-0.1, -0.05) is 140 Å². The molecule has 0 aliphatic carbocycles. The van der Waals surface area contributed by atoms with E-state index < -0.39 is 0 Å². The monoisotopic (exact) mass is 627 g/mol. The van der Waals surface area contributed by atoms with Gasteiger partial charge < -0.3 is 9.73 Å². The molecular formula is C45H29N3O. The van der Waals surface area contributed by atoms with Crippen LogP contribution in [0.3, 0.4) is 0 Å². The van der Waals surface area contributed by atoms with E-state index in [0.717, 1.165) is 50.0 Å². The van der Waals surface area contributed by atoms with Gasteiger partial charge in [-0.05, 0) is 67.7 Å². The molecule has 0 amide bonds. The van der Waals surface area contributed by atoms with Crippen molar-refractivity contribution in [3.05, 3.63) is 180 Å². The molecule has 2 heterocycles. The first-order chi connectivity index (χ1) is 24.3. The molecule has 0 bridgehead atoms. The van der Waals surface area contributed by atoms with Crippen molar-refractivity contribution >= 4 is 65.9 Å². The minimum atomic E-state index is -0.324. The lowest BCUT2D eigenvalue weighted by molar-refractivity contribution is 0.668. The van der Waals surface area contributed by atoms with E-state index in [1.54, 1.807) is 0 Å². The van der Waals surface area contributed by atoms with Gasteiger partial charge in [-0.2, -0.15) is 0 Å². The van der Waals surface area contributed by atoms with E-state index in [4.69, 9.17) is 14.4 Å². The zero-order valence-electron chi connectivity index (χ0n) is 26.5. The van der Waals surface area contributed by atoms with Crippen molar-refractivity contribution in [1.82, 2.24) is 5.32 Å². The number of fused-ring (bicyclic) bond motifs is 7. The van der Waals surface area contributed by atoms with Gasteiger partial charge in [0.05, 0.1) is 0 Å². The van der Waals surface area contributed by atoms with Gasteiger partial charge in [0.25, 0.3) is 0 Å². The van der Waals surface area contributed by atoms with Crippen LogP contribution in [0.4, 0.5) is 0 Å². The summed E-state index contributed by atoms with van der Waals surface area (Å²) in [4.78, 5) is 10.4. The van der Waals surface area contributed by atoms with Gasteiger partial charge in [-0.25, -0.2) is 9.98 Å². The lowest BCUT2D eigenvalue weighted by atomic mass is 9.93. The molecule has 4 heteroatoms. The third-order valence-corrected chi connectivity index (χ3v) is 9.72. The molecule has 1 aliphatic heterocycles. The lowest BCUT2D eigenvalue weighted by Crippen LogP contribution is -2.33. The Kier molecular flexibility index (Phi) is 6.21. The first-order valence-corrected chi connectivity index (χ1v) is 16.6. The molecular weight excluding hydrogens is 599 g/mol. The molecule has 9 aromatic rings. The zero-order chi connectivity index (χ0) is 32.3. The summed E-state index contributed by atoms with van der Waals surface area (Å²) < 4.78 is 6.61. The summed E-state index contributed by atoms with van der Waals surface area (Å²) in [5.74, 6) is 1.47. The highest BCUT2D eigenvalue weighted by Gasteiger charge is 2.24. The van der Waals surface area contributed by atoms with Crippen molar-refractivity contribution in [1.29, 1.82) is 0 Å². The van der Waals surface area contributed by atoms with E-state index in [9.17, 15) is 0 Å². The van der Waals surface area contributed by atoms with Crippen LogP contribution in [0.25, 0.3) is 65.4 Å². The first-order valence-electron chi connectivity index (χ1n) is 16.6. The molecule has 0 radical (unpaired) electrons. The molecule has 4 nitrogen and oxygen atoms in total. The van der Waals surface area contributed by atoms with Crippen LogP contribution in [-0.4, -0.2) is 11.7 Å². The Morgan fingerprint density at radius 1 is 0.469 bits per heavy atom. The summed E-state index contributed by atoms with van der Waals surface area (Å²) in [6, 6.07) is 57.4. The van der Waals surface area contributed by atoms with E-state index in [-0.39, 0.29) is 6.17 Å². The van der Waals surface area contributed by atoms with Crippen molar-refractivity contribution in [3.8, 4) is 11.1 Å². The number of furan rings is 1. The second-order valence-corrected chi connectivity index (χ2v) is 12.6. The molecule has 1 atom stereocenters. The number of hydrogen-bond acceptors (Lipinski definition) is 4. The van der Waals surface area contributed by atoms with Crippen molar-refractivity contribution in [3.63, 3.8) is 0 Å². The SMILES string of the molecule is c1ccc(C2=NC(c3cccc4oc5cc(-c6cc7ccccc7c7ccccc67)ccc5c34)=NC(c3cccc4ccccc34)N2)cc1. The summed E-state index contributed by atoms with van der Waals surface area (Å²) in [6.45, 7) is 0. The molecule has 49 heavy (non-hydrogen) atoms. The van der Waals surface area contributed by atoms with Crippen LogP contribution in [0.5, 0.6) is 0 Å². The maximum Gasteiger partial charge on any atom is 0.160 e. The first kappa shape index (κ1) is 27.6. The molecule has 10 rings (SSSR count). The summed E-state index contributed by atoms with van der Waals surface area (Å²) in [5.41, 5.74) is 7.02. The fourth-order valence-electron chi connectivity index (χ4n) is 7.43. The number of hydrogen-bond donors (Lipinski definition) is 1. The Morgan fingerprint density at radius 2 is 1.18 bits per heavy atom. The Hall–Kier alpha value is -6.52. The Morgan fingerprint density at radius 3 is 2.06 bits per heavy atom. The summed E-state index contributed by atoms with van der Waals surface area (Å²) in [7, 11) is 0. The van der Waals surface area contributed by atoms with Crippen LogP contribution in [0, 0.1) is 0 Å². The molecule has 0 saturated carbocycles. The maximum absolute atomic E-state index is 6.61.